The zero-order valence-corrected chi connectivity index (χ0v) is 32.0. The van der Waals surface area contributed by atoms with Crippen LogP contribution >= 0.6 is 11.6 Å². The van der Waals surface area contributed by atoms with E-state index in [1.165, 1.54) is 6.07 Å². The van der Waals surface area contributed by atoms with Gasteiger partial charge in [-0.05, 0) is 122 Å². The number of carbonyl (C=O) groups is 3. The van der Waals surface area contributed by atoms with Crippen LogP contribution in [0.3, 0.4) is 0 Å². The van der Waals surface area contributed by atoms with E-state index in [0.29, 0.717) is 51.7 Å². The van der Waals surface area contributed by atoms with Gasteiger partial charge in [0.25, 0.3) is 17.7 Å². The Labute approximate surface area is 330 Å². The summed E-state index contributed by atoms with van der Waals surface area (Å²) in [6, 6.07) is 26.1. The van der Waals surface area contributed by atoms with E-state index >= 15 is 0 Å². The molecule has 0 unspecified atom stereocenters. The largest absolute Gasteiger partial charge is 0.381 e. The summed E-state index contributed by atoms with van der Waals surface area (Å²) in [5.41, 5.74) is 6.96. The number of carbonyl (C=O) groups excluding carboxylic acids is 3. The van der Waals surface area contributed by atoms with Crippen LogP contribution in [0.1, 0.15) is 72.6 Å². The lowest BCUT2D eigenvalue weighted by Crippen LogP contribution is -2.59. The van der Waals surface area contributed by atoms with Crippen LogP contribution in [0.4, 0.5) is 27.3 Å². The molecule has 56 heavy (non-hydrogen) atoms. The third-order valence-corrected chi connectivity index (χ3v) is 11.3. The van der Waals surface area contributed by atoms with Gasteiger partial charge in [-0.3, -0.25) is 14.4 Å². The molecule has 3 aliphatic rings. The van der Waals surface area contributed by atoms with Crippen molar-refractivity contribution in [3.8, 4) is 0 Å². The van der Waals surface area contributed by atoms with Gasteiger partial charge in [-0.25, -0.2) is 9.37 Å². The van der Waals surface area contributed by atoms with E-state index in [-0.39, 0.29) is 22.9 Å². The van der Waals surface area contributed by atoms with Crippen LogP contribution in [0.15, 0.2) is 97.2 Å². The summed E-state index contributed by atoms with van der Waals surface area (Å²) in [6.07, 6.45) is 6.35. The molecule has 9 nitrogen and oxygen atoms in total. The first-order chi connectivity index (χ1) is 27.1. The molecule has 2 fully saturated rings. The van der Waals surface area contributed by atoms with Gasteiger partial charge in [0.2, 0.25) is 0 Å². The van der Waals surface area contributed by atoms with Gasteiger partial charge in [-0.1, -0.05) is 48.0 Å². The highest BCUT2D eigenvalue weighted by Gasteiger charge is 2.45. The van der Waals surface area contributed by atoms with E-state index in [1.54, 1.807) is 72.6 Å². The number of pyridine rings is 1. The molecule has 0 saturated carbocycles. The first kappa shape index (κ1) is 37.1. The summed E-state index contributed by atoms with van der Waals surface area (Å²) in [5, 5.41) is 6.04. The average molecular weight is 770 g/mol. The fraction of sp³-hybridized carbons (Fsp3) is 0.244. The molecule has 3 aliphatic heterocycles. The number of halogens is 2. The Hall–Kier alpha value is -5.84. The smallest absolute Gasteiger partial charge is 0.259 e. The van der Waals surface area contributed by atoms with Crippen LogP contribution in [-0.2, 0) is 4.74 Å². The number of anilines is 4. The zero-order valence-electron chi connectivity index (χ0n) is 31.2. The van der Waals surface area contributed by atoms with Gasteiger partial charge in [-0.15, -0.1) is 0 Å². The molecule has 0 radical (unpaired) electrons. The molecule has 2 saturated heterocycles. The first-order valence-electron chi connectivity index (χ1n) is 18.8. The Kier molecular flexibility index (Phi) is 10.2. The second-order valence-electron chi connectivity index (χ2n) is 14.9. The normalized spacial score (nSPS) is 16.0. The molecule has 1 aromatic heterocycles. The standard InChI is InChI=1S/C45H41ClFN5O4/c1-28-22-36(41(48-25-28)51-26-45(27-51)17-20-56-21-18-45)43(54)49-34-13-10-30(11-14-34)44(55)52-19-16-31(23-32-7-3-4-9-39(32)52)35-15-12-33(24-37(35)46)42(53)50-40-29(2)6-5-8-38(40)47/h3-15,22-25H,16-21,26-27H2,1-2H3,(H,49,54)(H,50,53). The number of aryl methyl sites for hydroxylation is 2. The van der Waals surface area contributed by atoms with E-state index in [4.69, 9.17) is 16.3 Å². The maximum absolute atomic E-state index is 14.4. The summed E-state index contributed by atoms with van der Waals surface area (Å²) in [5.74, 6) is -0.739. The van der Waals surface area contributed by atoms with Gasteiger partial charge in [0, 0.05) is 66.3 Å². The lowest BCUT2D eigenvalue weighted by molar-refractivity contribution is -0.000511. The summed E-state index contributed by atoms with van der Waals surface area (Å²) in [4.78, 5) is 49.4. The summed E-state index contributed by atoms with van der Waals surface area (Å²) in [7, 11) is 0. The highest BCUT2D eigenvalue weighted by atomic mass is 35.5. The number of nitrogens with one attached hydrogen (secondary N) is 2. The Morgan fingerprint density at radius 3 is 2.36 bits per heavy atom. The SMILES string of the molecule is Cc1cnc(N2CC3(CCOCC3)C2)c(C(=O)Nc2ccc(C(=O)N3CCC(c4ccc(C(=O)Nc5c(C)cccc5F)cc4Cl)=Cc4ccccc43)cc2)c1. The number of hydrogen-bond acceptors (Lipinski definition) is 6. The van der Waals surface area contributed by atoms with Gasteiger partial charge in [0.15, 0.2) is 0 Å². The number of amides is 3. The van der Waals surface area contributed by atoms with Crippen molar-refractivity contribution < 1.29 is 23.5 Å². The maximum Gasteiger partial charge on any atom is 0.259 e. The zero-order chi connectivity index (χ0) is 39.0. The van der Waals surface area contributed by atoms with E-state index in [2.05, 4.69) is 20.5 Å². The van der Waals surface area contributed by atoms with Crippen molar-refractivity contribution in [2.45, 2.75) is 33.1 Å². The molecule has 4 heterocycles. The number of hydrogen-bond donors (Lipinski definition) is 2. The first-order valence-corrected chi connectivity index (χ1v) is 19.1. The van der Waals surface area contributed by atoms with Crippen LogP contribution in [0.2, 0.25) is 5.02 Å². The van der Waals surface area contributed by atoms with Crippen LogP contribution in [0.5, 0.6) is 0 Å². The van der Waals surface area contributed by atoms with Crippen molar-refractivity contribution in [2.24, 2.45) is 5.41 Å². The second-order valence-corrected chi connectivity index (χ2v) is 15.3. The lowest BCUT2D eigenvalue weighted by atomic mass is 9.73. The summed E-state index contributed by atoms with van der Waals surface area (Å²) in [6.45, 7) is 7.29. The van der Waals surface area contributed by atoms with Crippen LogP contribution < -0.4 is 20.4 Å². The van der Waals surface area contributed by atoms with E-state index in [1.807, 2.05) is 43.3 Å². The molecule has 0 bridgehead atoms. The fourth-order valence-corrected chi connectivity index (χ4v) is 8.15. The average Bonchev–Trinajstić information content (AvgIpc) is 3.38. The van der Waals surface area contributed by atoms with Crippen LogP contribution in [0.25, 0.3) is 11.6 Å². The van der Waals surface area contributed by atoms with Gasteiger partial charge < -0.3 is 25.2 Å². The Morgan fingerprint density at radius 1 is 0.857 bits per heavy atom. The second kappa shape index (κ2) is 15.4. The van der Waals surface area contributed by atoms with Gasteiger partial charge in [-0.2, -0.15) is 0 Å². The lowest BCUT2D eigenvalue weighted by Gasteiger charge is -2.53. The predicted octanol–water partition coefficient (Wildman–Crippen LogP) is 9.20. The van der Waals surface area contributed by atoms with Crippen molar-refractivity contribution in [1.82, 2.24) is 4.98 Å². The minimum atomic E-state index is -0.513. The number of rotatable bonds is 7. The number of benzene rings is 4. The molecule has 11 heteroatoms. The van der Waals surface area contributed by atoms with Crippen molar-refractivity contribution in [3.63, 3.8) is 0 Å². The molecule has 0 aliphatic carbocycles. The topological polar surface area (TPSA) is 104 Å². The van der Waals surface area contributed by atoms with Crippen molar-refractivity contribution in [2.75, 3.05) is 53.3 Å². The number of nitrogens with zero attached hydrogens (tertiary/aromatic N) is 3. The number of fused-ring (bicyclic) bond motifs is 1. The van der Waals surface area contributed by atoms with E-state index in [9.17, 15) is 18.8 Å². The summed E-state index contributed by atoms with van der Waals surface area (Å²) < 4.78 is 20.0. The molecular weight excluding hydrogens is 729 g/mol. The van der Waals surface area contributed by atoms with Crippen molar-refractivity contribution in [3.05, 3.63) is 147 Å². The third-order valence-electron chi connectivity index (χ3n) is 11.0. The molecule has 284 valence electrons. The maximum atomic E-state index is 14.4. The predicted molar refractivity (Wildman–Crippen MR) is 219 cm³/mol. The van der Waals surface area contributed by atoms with Gasteiger partial charge in [0.05, 0.1) is 16.9 Å². The van der Waals surface area contributed by atoms with E-state index < -0.39 is 11.7 Å². The van der Waals surface area contributed by atoms with E-state index in [0.717, 1.165) is 67.1 Å². The molecule has 2 N–H and O–H groups in total. The monoisotopic (exact) mass is 769 g/mol. The van der Waals surface area contributed by atoms with Crippen LogP contribution in [-0.4, -0.2) is 55.6 Å². The highest BCUT2D eigenvalue weighted by Crippen LogP contribution is 2.42. The molecule has 0 atom stereocenters. The molecule has 1 spiro atoms. The Bertz CT molecular complexity index is 2360. The molecule has 4 aromatic carbocycles. The minimum absolute atomic E-state index is 0.129. The number of ether oxygens (including phenoxy) is 1. The Morgan fingerprint density at radius 2 is 1.61 bits per heavy atom. The fourth-order valence-electron chi connectivity index (χ4n) is 7.85. The Balaban J connectivity index is 0.956. The summed E-state index contributed by atoms with van der Waals surface area (Å²) >= 11 is 6.80. The van der Waals surface area contributed by atoms with Gasteiger partial charge >= 0.3 is 0 Å². The van der Waals surface area contributed by atoms with Gasteiger partial charge in [0.1, 0.15) is 11.6 Å². The number of aromatic nitrogens is 1. The quantitative estimate of drug-likeness (QED) is 0.171. The highest BCUT2D eigenvalue weighted by molar-refractivity contribution is 6.33. The van der Waals surface area contributed by atoms with Crippen molar-refractivity contribution in [1.29, 1.82) is 0 Å². The number of para-hydroxylation sites is 2. The molecule has 8 rings (SSSR count). The van der Waals surface area contributed by atoms with Crippen molar-refractivity contribution >= 4 is 63.9 Å². The molecule has 3 amide bonds. The molecular formula is C45H41ClFN5O4. The van der Waals surface area contributed by atoms with Crippen LogP contribution in [0, 0.1) is 25.1 Å². The molecule has 5 aromatic rings. The minimum Gasteiger partial charge on any atom is -0.381 e. The third kappa shape index (κ3) is 7.42.